The maximum atomic E-state index is 5.73. The molecule has 3 nitrogen and oxygen atoms in total. The minimum Gasteiger partial charge on any atom is -0.330 e. The first-order chi connectivity index (χ1) is 6.26. The highest BCUT2D eigenvalue weighted by Gasteiger charge is 2.41. The second kappa shape index (κ2) is 3.07. The fraction of sp³-hybridized carbons (Fsp3) is 0.600. The summed E-state index contributed by atoms with van der Waals surface area (Å²) in [6, 6.07) is 0. The Morgan fingerprint density at radius 3 is 2.85 bits per heavy atom. The predicted octanol–water partition coefficient (Wildman–Crippen LogP) is 1.07. The largest absolute Gasteiger partial charge is 0.330 e. The van der Waals surface area contributed by atoms with Crippen molar-refractivity contribution in [2.45, 2.75) is 26.2 Å². The van der Waals surface area contributed by atoms with Gasteiger partial charge in [-0.05, 0) is 43.7 Å². The van der Waals surface area contributed by atoms with Gasteiger partial charge in [-0.1, -0.05) is 0 Å². The van der Waals surface area contributed by atoms with E-state index in [1.54, 1.807) is 6.33 Å². The molecule has 0 bridgehead atoms. The number of aromatic nitrogens is 2. The SMILES string of the molecule is Cc1ncncc1CC1(CN)CC1. The van der Waals surface area contributed by atoms with Crippen LogP contribution in [0.25, 0.3) is 0 Å². The lowest BCUT2D eigenvalue weighted by Crippen LogP contribution is -2.18. The van der Waals surface area contributed by atoms with E-state index in [1.807, 2.05) is 13.1 Å². The van der Waals surface area contributed by atoms with Crippen LogP contribution >= 0.6 is 0 Å². The van der Waals surface area contributed by atoms with E-state index in [9.17, 15) is 0 Å². The van der Waals surface area contributed by atoms with Crippen molar-refractivity contribution < 1.29 is 0 Å². The van der Waals surface area contributed by atoms with Crippen LogP contribution < -0.4 is 5.73 Å². The van der Waals surface area contributed by atoms with Crippen LogP contribution in [-0.4, -0.2) is 16.5 Å². The fourth-order valence-corrected chi connectivity index (χ4v) is 1.63. The zero-order chi connectivity index (χ0) is 9.31. The highest BCUT2D eigenvalue weighted by atomic mass is 14.8. The number of aryl methyl sites for hydroxylation is 1. The summed E-state index contributed by atoms with van der Waals surface area (Å²) in [5.41, 5.74) is 8.46. The Balaban J connectivity index is 2.14. The second-order valence-electron chi connectivity index (χ2n) is 4.01. The molecule has 1 aliphatic rings. The van der Waals surface area contributed by atoms with Crippen LogP contribution in [0.2, 0.25) is 0 Å². The molecule has 1 aromatic heterocycles. The van der Waals surface area contributed by atoms with Gasteiger partial charge in [0.15, 0.2) is 0 Å². The lowest BCUT2D eigenvalue weighted by atomic mass is 9.97. The molecule has 0 atom stereocenters. The lowest BCUT2D eigenvalue weighted by molar-refractivity contribution is 0.517. The Hall–Kier alpha value is -0.960. The molecule has 1 aliphatic carbocycles. The molecule has 1 fully saturated rings. The second-order valence-corrected chi connectivity index (χ2v) is 4.01. The van der Waals surface area contributed by atoms with E-state index >= 15 is 0 Å². The van der Waals surface area contributed by atoms with Gasteiger partial charge in [-0.25, -0.2) is 9.97 Å². The van der Waals surface area contributed by atoms with E-state index in [0.29, 0.717) is 5.41 Å². The number of nitrogens with two attached hydrogens (primary N) is 1. The maximum absolute atomic E-state index is 5.73. The zero-order valence-corrected chi connectivity index (χ0v) is 7.95. The fourth-order valence-electron chi connectivity index (χ4n) is 1.63. The summed E-state index contributed by atoms with van der Waals surface area (Å²) in [6.07, 6.45) is 7.09. The number of hydrogen-bond donors (Lipinski definition) is 1. The summed E-state index contributed by atoms with van der Waals surface area (Å²) in [6.45, 7) is 2.82. The van der Waals surface area contributed by atoms with Crippen molar-refractivity contribution in [2.75, 3.05) is 6.54 Å². The average molecular weight is 177 g/mol. The van der Waals surface area contributed by atoms with Gasteiger partial charge in [0.25, 0.3) is 0 Å². The Morgan fingerprint density at radius 2 is 2.31 bits per heavy atom. The van der Waals surface area contributed by atoms with Crippen molar-refractivity contribution in [1.29, 1.82) is 0 Å². The van der Waals surface area contributed by atoms with Gasteiger partial charge < -0.3 is 5.73 Å². The van der Waals surface area contributed by atoms with Gasteiger partial charge >= 0.3 is 0 Å². The summed E-state index contributed by atoms with van der Waals surface area (Å²) >= 11 is 0. The molecule has 1 heterocycles. The molecular weight excluding hydrogens is 162 g/mol. The van der Waals surface area contributed by atoms with Gasteiger partial charge in [-0.3, -0.25) is 0 Å². The van der Waals surface area contributed by atoms with Crippen molar-refractivity contribution in [3.8, 4) is 0 Å². The molecule has 1 saturated carbocycles. The van der Waals surface area contributed by atoms with E-state index < -0.39 is 0 Å². The monoisotopic (exact) mass is 177 g/mol. The quantitative estimate of drug-likeness (QED) is 0.751. The van der Waals surface area contributed by atoms with Crippen molar-refractivity contribution in [3.05, 3.63) is 23.8 Å². The summed E-state index contributed by atoms with van der Waals surface area (Å²) in [5, 5.41) is 0. The molecule has 0 amide bonds. The number of nitrogens with zero attached hydrogens (tertiary/aromatic N) is 2. The van der Waals surface area contributed by atoms with E-state index in [4.69, 9.17) is 5.73 Å². The molecule has 1 aromatic rings. The van der Waals surface area contributed by atoms with Gasteiger partial charge in [0.05, 0.1) is 0 Å². The zero-order valence-electron chi connectivity index (χ0n) is 7.95. The minimum absolute atomic E-state index is 0.384. The van der Waals surface area contributed by atoms with Crippen LogP contribution in [0.1, 0.15) is 24.1 Å². The molecule has 13 heavy (non-hydrogen) atoms. The molecule has 0 radical (unpaired) electrons. The topological polar surface area (TPSA) is 51.8 Å². The average Bonchev–Trinajstić information content (AvgIpc) is 2.90. The van der Waals surface area contributed by atoms with Crippen molar-refractivity contribution >= 4 is 0 Å². The molecule has 70 valence electrons. The summed E-state index contributed by atoms with van der Waals surface area (Å²) < 4.78 is 0. The lowest BCUT2D eigenvalue weighted by Gasteiger charge is -2.12. The van der Waals surface area contributed by atoms with E-state index in [1.165, 1.54) is 18.4 Å². The van der Waals surface area contributed by atoms with Crippen molar-refractivity contribution in [3.63, 3.8) is 0 Å². The Bertz CT molecular complexity index is 305. The predicted molar refractivity (Wildman–Crippen MR) is 51.2 cm³/mol. The van der Waals surface area contributed by atoms with Gasteiger partial charge in [0, 0.05) is 11.9 Å². The molecule has 0 spiro atoms. The van der Waals surface area contributed by atoms with Crippen molar-refractivity contribution in [1.82, 2.24) is 9.97 Å². The minimum atomic E-state index is 0.384. The summed E-state index contributed by atoms with van der Waals surface area (Å²) in [7, 11) is 0. The number of hydrogen-bond acceptors (Lipinski definition) is 3. The van der Waals surface area contributed by atoms with E-state index in [2.05, 4.69) is 9.97 Å². The van der Waals surface area contributed by atoms with Crippen molar-refractivity contribution in [2.24, 2.45) is 11.1 Å². The van der Waals surface area contributed by atoms with Crippen LogP contribution in [-0.2, 0) is 6.42 Å². The van der Waals surface area contributed by atoms with Gasteiger partial charge in [0.1, 0.15) is 6.33 Å². The Labute approximate surface area is 78.4 Å². The van der Waals surface area contributed by atoms with Gasteiger partial charge in [0.2, 0.25) is 0 Å². The first-order valence-electron chi connectivity index (χ1n) is 4.71. The van der Waals surface area contributed by atoms with E-state index in [-0.39, 0.29) is 0 Å². The Morgan fingerprint density at radius 1 is 1.54 bits per heavy atom. The Kier molecular flexibility index (Phi) is 2.04. The third-order valence-electron chi connectivity index (χ3n) is 2.97. The molecule has 2 rings (SSSR count). The maximum Gasteiger partial charge on any atom is 0.115 e. The first-order valence-corrected chi connectivity index (χ1v) is 4.71. The summed E-state index contributed by atoms with van der Waals surface area (Å²) in [5.74, 6) is 0. The molecular formula is C10H15N3. The van der Waals surface area contributed by atoms with Crippen LogP contribution in [0.3, 0.4) is 0 Å². The van der Waals surface area contributed by atoms with Gasteiger partial charge in [-0.2, -0.15) is 0 Å². The smallest absolute Gasteiger partial charge is 0.115 e. The molecule has 0 unspecified atom stereocenters. The molecule has 3 heteroatoms. The first kappa shape index (κ1) is 8.63. The summed E-state index contributed by atoms with van der Waals surface area (Å²) in [4.78, 5) is 8.21. The molecule has 0 saturated heterocycles. The van der Waals surface area contributed by atoms with Crippen LogP contribution in [0, 0.1) is 12.3 Å². The van der Waals surface area contributed by atoms with Crippen LogP contribution in [0.15, 0.2) is 12.5 Å². The number of rotatable bonds is 3. The van der Waals surface area contributed by atoms with Gasteiger partial charge in [-0.15, -0.1) is 0 Å². The molecule has 2 N–H and O–H groups in total. The van der Waals surface area contributed by atoms with E-state index in [0.717, 1.165) is 18.7 Å². The normalized spacial score (nSPS) is 18.6. The molecule has 0 aromatic carbocycles. The third-order valence-corrected chi connectivity index (χ3v) is 2.97. The van der Waals surface area contributed by atoms with Crippen LogP contribution in [0.4, 0.5) is 0 Å². The highest BCUT2D eigenvalue weighted by Crippen LogP contribution is 2.47. The molecule has 0 aliphatic heterocycles. The van der Waals surface area contributed by atoms with Crippen LogP contribution in [0.5, 0.6) is 0 Å². The third kappa shape index (κ3) is 1.70. The highest BCUT2D eigenvalue weighted by molar-refractivity contribution is 5.18. The standard InChI is InChI=1S/C10H15N3/c1-8-9(5-12-7-13-8)4-10(6-11)2-3-10/h5,7H,2-4,6,11H2,1H3.